The van der Waals surface area contributed by atoms with Crippen LogP contribution in [0.1, 0.15) is 5.56 Å². The highest BCUT2D eigenvalue weighted by Crippen LogP contribution is 2.26. The van der Waals surface area contributed by atoms with Gasteiger partial charge in [0.05, 0.1) is 16.1 Å². The first-order valence-electron chi connectivity index (χ1n) is 3.97. The standard InChI is InChI=1S/C10H6Br2O2/c1-5-4-14-10-7(9(5)13)2-6(11)3-8(10)12/h2-4H,1H3. The fraction of sp³-hybridized carbons (Fsp3) is 0.100. The summed E-state index contributed by atoms with van der Waals surface area (Å²) in [6.45, 7) is 1.74. The van der Waals surface area contributed by atoms with Crippen molar-refractivity contribution in [1.82, 2.24) is 0 Å². The van der Waals surface area contributed by atoms with Gasteiger partial charge in [0, 0.05) is 10.0 Å². The van der Waals surface area contributed by atoms with E-state index in [1.807, 2.05) is 6.07 Å². The molecule has 0 saturated heterocycles. The van der Waals surface area contributed by atoms with Crippen LogP contribution in [-0.4, -0.2) is 0 Å². The van der Waals surface area contributed by atoms with Crippen LogP contribution in [-0.2, 0) is 0 Å². The van der Waals surface area contributed by atoms with Crippen LogP contribution in [0.3, 0.4) is 0 Å². The van der Waals surface area contributed by atoms with Gasteiger partial charge >= 0.3 is 0 Å². The Morgan fingerprint density at radius 2 is 2.00 bits per heavy atom. The maximum atomic E-state index is 11.7. The molecule has 0 bridgehead atoms. The molecule has 2 aromatic rings. The van der Waals surface area contributed by atoms with Crippen LogP contribution in [0.2, 0.25) is 0 Å². The van der Waals surface area contributed by atoms with E-state index in [0.717, 1.165) is 8.95 Å². The van der Waals surface area contributed by atoms with Gasteiger partial charge in [0.25, 0.3) is 0 Å². The predicted molar refractivity (Wildman–Crippen MR) is 62.6 cm³/mol. The van der Waals surface area contributed by atoms with Crippen LogP contribution >= 0.6 is 31.9 Å². The van der Waals surface area contributed by atoms with Gasteiger partial charge in [0.15, 0.2) is 11.0 Å². The molecule has 4 heteroatoms. The fourth-order valence-electron chi connectivity index (χ4n) is 1.26. The summed E-state index contributed by atoms with van der Waals surface area (Å²) in [6, 6.07) is 3.61. The second-order valence-corrected chi connectivity index (χ2v) is 4.78. The lowest BCUT2D eigenvalue weighted by atomic mass is 10.2. The van der Waals surface area contributed by atoms with Gasteiger partial charge in [-0.1, -0.05) is 15.9 Å². The van der Waals surface area contributed by atoms with Crippen molar-refractivity contribution >= 4 is 42.8 Å². The van der Waals surface area contributed by atoms with E-state index >= 15 is 0 Å². The molecule has 0 radical (unpaired) electrons. The van der Waals surface area contributed by atoms with Crippen molar-refractivity contribution in [3.8, 4) is 0 Å². The van der Waals surface area contributed by atoms with Crippen LogP contribution in [0.15, 0.2) is 36.6 Å². The summed E-state index contributed by atoms with van der Waals surface area (Å²) in [5.74, 6) is 0. The summed E-state index contributed by atoms with van der Waals surface area (Å²) in [6.07, 6.45) is 1.48. The Bertz CT molecular complexity index is 558. The summed E-state index contributed by atoms with van der Waals surface area (Å²) in [7, 11) is 0. The Morgan fingerprint density at radius 3 is 2.71 bits per heavy atom. The molecule has 72 valence electrons. The minimum Gasteiger partial charge on any atom is -0.463 e. The van der Waals surface area contributed by atoms with Gasteiger partial charge in [-0.25, -0.2) is 0 Å². The highest BCUT2D eigenvalue weighted by atomic mass is 79.9. The van der Waals surface area contributed by atoms with E-state index < -0.39 is 0 Å². The van der Waals surface area contributed by atoms with Crippen molar-refractivity contribution in [3.63, 3.8) is 0 Å². The van der Waals surface area contributed by atoms with Gasteiger partial charge < -0.3 is 4.42 Å². The van der Waals surface area contributed by atoms with E-state index in [1.54, 1.807) is 13.0 Å². The maximum Gasteiger partial charge on any atom is 0.195 e. The Morgan fingerprint density at radius 1 is 1.29 bits per heavy atom. The average Bonchev–Trinajstić information content (AvgIpc) is 2.12. The molecule has 0 spiro atoms. The van der Waals surface area contributed by atoms with Crippen molar-refractivity contribution in [2.75, 3.05) is 0 Å². The van der Waals surface area contributed by atoms with Crippen LogP contribution in [0.25, 0.3) is 11.0 Å². The summed E-state index contributed by atoms with van der Waals surface area (Å²) in [4.78, 5) is 11.7. The molecule has 1 aromatic heterocycles. The number of hydrogen-bond acceptors (Lipinski definition) is 2. The maximum absolute atomic E-state index is 11.7. The Hall–Kier alpha value is -0.610. The second-order valence-electron chi connectivity index (χ2n) is 3.01. The zero-order chi connectivity index (χ0) is 10.3. The molecule has 0 atom stereocenters. The minimum absolute atomic E-state index is 0.00764. The molecule has 0 amide bonds. The lowest BCUT2D eigenvalue weighted by Gasteiger charge is -2.01. The van der Waals surface area contributed by atoms with Gasteiger partial charge in [-0.15, -0.1) is 0 Å². The molecule has 0 unspecified atom stereocenters. The van der Waals surface area contributed by atoms with Crippen LogP contribution < -0.4 is 5.43 Å². The number of fused-ring (bicyclic) bond motifs is 1. The third-order valence-corrected chi connectivity index (χ3v) is 3.01. The number of benzene rings is 1. The first-order chi connectivity index (χ1) is 6.59. The Labute approximate surface area is 97.2 Å². The zero-order valence-corrected chi connectivity index (χ0v) is 10.5. The topological polar surface area (TPSA) is 30.2 Å². The molecular weight excluding hydrogens is 312 g/mol. The normalized spacial score (nSPS) is 10.8. The lowest BCUT2D eigenvalue weighted by molar-refractivity contribution is 0.595. The van der Waals surface area contributed by atoms with Crippen molar-refractivity contribution in [2.24, 2.45) is 0 Å². The van der Waals surface area contributed by atoms with Crippen molar-refractivity contribution in [2.45, 2.75) is 6.92 Å². The molecule has 0 aliphatic heterocycles. The monoisotopic (exact) mass is 316 g/mol. The summed E-state index contributed by atoms with van der Waals surface area (Å²) >= 11 is 6.68. The molecule has 0 saturated carbocycles. The van der Waals surface area contributed by atoms with Gasteiger partial charge in [0.2, 0.25) is 0 Å². The number of aryl methyl sites for hydroxylation is 1. The molecule has 1 heterocycles. The molecule has 0 N–H and O–H groups in total. The van der Waals surface area contributed by atoms with E-state index in [4.69, 9.17) is 4.42 Å². The van der Waals surface area contributed by atoms with Crippen molar-refractivity contribution < 1.29 is 4.42 Å². The highest BCUT2D eigenvalue weighted by molar-refractivity contribution is 9.11. The van der Waals surface area contributed by atoms with Crippen molar-refractivity contribution in [1.29, 1.82) is 0 Å². The number of halogens is 2. The molecular formula is C10H6Br2O2. The Balaban J connectivity index is 3.03. The summed E-state index contributed by atoms with van der Waals surface area (Å²) in [5, 5.41) is 0.589. The van der Waals surface area contributed by atoms with E-state index in [2.05, 4.69) is 31.9 Å². The van der Waals surface area contributed by atoms with E-state index in [9.17, 15) is 4.79 Å². The zero-order valence-electron chi connectivity index (χ0n) is 7.30. The molecule has 2 rings (SSSR count). The molecule has 0 aliphatic carbocycles. The average molecular weight is 318 g/mol. The Kier molecular flexibility index (Phi) is 2.49. The van der Waals surface area contributed by atoms with Gasteiger partial charge in [-0.05, 0) is 35.0 Å². The quantitative estimate of drug-likeness (QED) is 0.742. The third kappa shape index (κ3) is 1.53. The molecule has 0 fully saturated rings. The second kappa shape index (κ2) is 3.51. The number of rotatable bonds is 0. The van der Waals surface area contributed by atoms with Crippen molar-refractivity contribution in [3.05, 3.63) is 43.1 Å². The lowest BCUT2D eigenvalue weighted by Crippen LogP contribution is -2.04. The first kappa shape index (κ1) is 9.93. The van der Waals surface area contributed by atoms with E-state index in [1.165, 1.54) is 6.26 Å². The molecule has 1 aromatic carbocycles. The van der Waals surface area contributed by atoms with Gasteiger partial charge in [0.1, 0.15) is 0 Å². The molecule has 14 heavy (non-hydrogen) atoms. The molecule has 0 aliphatic rings. The third-order valence-electron chi connectivity index (χ3n) is 1.96. The largest absolute Gasteiger partial charge is 0.463 e. The highest BCUT2D eigenvalue weighted by Gasteiger charge is 2.07. The minimum atomic E-state index is 0.00764. The van der Waals surface area contributed by atoms with E-state index in [-0.39, 0.29) is 5.43 Å². The SMILES string of the molecule is Cc1coc2c(Br)cc(Br)cc2c1=O. The van der Waals surface area contributed by atoms with E-state index in [0.29, 0.717) is 16.5 Å². The van der Waals surface area contributed by atoms with Crippen LogP contribution in [0.5, 0.6) is 0 Å². The van der Waals surface area contributed by atoms with Crippen LogP contribution in [0, 0.1) is 6.92 Å². The summed E-state index contributed by atoms with van der Waals surface area (Å²) < 4.78 is 6.97. The summed E-state index contributed by atoms with van der Waals surface area (Å²) in [5.41, 5.74) is 1.21. The fourth-order valence-corrected chi connectivity index (χ4v) is 2.58. The van der Waals surface area contributed by atoms with Gasteiger partial charge in [-0.3, -0.25) is 4.79 Å². The first-order valence-corrected chi connectivity index (χ1v) is 5.55. The molecule has 2 nitrogen and oxygen atoms in total. The predicted octanol–water partition coefficient (Wildman–Crippen LogP) is 3.63. The smallest absolute Gasteiger partial charge is 0.195 e. The van der Waals surface area contributed by atoms with Gasteiger partial charge in [-0.2, -0.15) is 0 Å². The van der Waals surface area contributed by atoms with Crippen LogP contribution in [0.4, 0.5) is 0 Å². The number of hydrogen-bond donors (Lipinski definition) is 0.